The van der Waals surface area contributed by atoms with Gasteiger partial charge >= 0.3 is 0 Å². The van der Waals surface area contributed by atoms with Gasteiger partial charge in [-0.05, 0) is 30.6 Å². The van der Waals surface area contributed by atoms with E-state index in [9.17, 15) is 13.2 Å². The average molecular weight is 271 g/mol. The first-order chi connectivity index (χ1) is 8.90. The van der Waals surface area contributed by atoms with Crippen molar-refractivity contribution in [3.63, 3.8) is 0 Å². The Kier molecular flexibility index (Phi) is 4.19. The third-order valence-electron chi connectivity index (χ3n) is 4.52. The lowest BCUT2D eigenvalue weighted by Crippen LogP contribution is -2.30. The summed E-state index contributed by atoms with van der Waals surface area (Å²) in [7, 11) is 0. The number of hydrogen-bond donors (Lipinski definition) is 1. The summed E-state index contributed by atoms with van der Waals surface area (Å²) < 4.78 is 40.4. The normalized spacial score (nSPS) is 29.3. The largest absolute Gasteiger partial charge is 0.324 e. The minimum Gasteiger partial charge on any atom is -0.324 e. The highest BCUT2D eigenvalue weighted by molar-refractivity contribution is 5.24. The second kappa shape index (κ2) is 5.53. The van der Waals surface area contributed by atoms with Gasteiger partial charge in [0.2, 0.25) is 0 Å². The van der Waals surface area contributed by atoms with E-state index in [0.29, 0.717) is 24.0 Å². The SMILES string of the molecule is CC1CCC(C(N)c2c(F)cc(F)cc2F)CC1C. The van der Waals surface area contributed by atoms with E-state index >= 15 is 0 Å². The Balaban J connectivity index is 2.23. The second-order valence-corrected chi connectivity index (χ2v) is 5.84. The van der Waals surface area contributed by atoms with Crippen molar-refractivity contribution in [1.29, 1.82) is 0 Å². The highest BCUT2D eigenvalue weighted by Crippen LogP contribution is 2.40. The monoisotopic (exact) mass is 271 g/mol. The van der Waals surface area contributed by atoms with Crippen molar-refractivity contribution >= 4 is 0 Å². The van der Waals surface area contributed by atoms with E-state index < -0.39 is 23.5 Å². The van der Waals surface area contributed by atoms with Crippen LogP contribution in [0.3, 0.4) is 0 Å². The molecule has 1 aliphatic rings. The van der Waals surface area contributed by atoms with Crippen molar-refractivity contribution in [1.82, 2.24) is 0 Å². The van der Waals surface area contributed by atoms with Gasteiger partial charge in [-0.3, -0.25) is 0 Å². The van der Waals surface area contributed by atoms with Crippen LogP contribution < -0.4 is 5.73 Å². The minimum atomic E-state index is -0.906. The third-order valence-corrected chi connectivity index (χ3v) is 4.52. The molecule has 1 saturated carbocycles. The van der Waals surface area contributed by atoms with Crippen molar-refractivity contribution < 1.29 is 13.2 Å². The molecule has 1 fully saturated rings. The zero-order valence-electron chi connectivity index (χ0n) is 11.3. The first-order valence-electron chi connectivity index (χ1n) is 6.80. The highest BCUT2D eigenvalue weighted by Gasteiger charge is 2.31. The van der Waals surface area contributed by atoms with Gasteiger partial charge in [0.25, 0.3) is 0 Å². The van der Waals surface area contributed by atoms with Crippen LogP contribution in [-0.2, 0) is 0 Å². The van der Waals surface area contributed by atoms with Crippen molar-refractivity contribution in [3.8, 4) is 0 Å². The highest BCUT2D eigenvalue weighted by atomic mass is 19.1. The van der Waals surface area contributed by atoms with Crippen molar-refractivity contribution in [2.75, 3.05) is 0 Å². The molecule has 1 aromatic rings. The molecule has 4 unspecified atom stereocenters. The fraction of sp³-hybridized carbons (Fsp3) is 0.600. The van der Waals surface area contributed by atoms with E-state index in [1.807, 2.05) is 0 Å². The summed E-state index contributed by atoms with van der Waals surface area (Å²) in [4.78, 5) is 0. The van der Waals surface area contributed by atoms with Crippen LogP contribution in [0, 0.1) is 35.2 Å². The maximum atomic E-state index is 13.7. The van der Waals surface area contributed by atoms with Gasteiger partial charge in [0.1, 0.15) is 17.5 Å². The molecule has 4 heteroatoms. The van der Waals surface area contributed by atoms with E-state index in [2.05, 4.69) is 13.8 Å². The fourth-order valence-corrected chi connectivity index (χ4v) is 3.02. The van der Waals surface area contributed by atoms with Crippen LogP contribution in [0.1, 0.15) is 44.7 Å². The number of halogens is 3. The van der Waals surface area contributed by atoms with E-state index in [0.717, 1.165) is 19.3 Å². The molecule has 106 valence electrons. The van der Waals surface area contributed by atoms with E-state index in [-0.39, 0.29) is 11.5 Å². The summed E-state index contributed by atoms with van der Waals surface area (Å²) >= 11 is 0. The Morgan fingerprint density at radius 2 is 1.63 bits per heavy atom. The van der Waals surface area contributed by atoms with Crippen LogP contribution in [-0.4, -0.2) is 0 Å². The molecule has 1 nitrogen and oxygen atoms in total. The van der Waals surface area contributed by atoms with Crippen LogP contribution in [0.5, 0.6) is 0 Å². The predicted octanol–water partition coefficient (Wildman–Crippen LogP) is 4.18. The predicted molar refractivity (Wildman–Crippen MR) is 68.9 cm³/mol. The lowest BCUT2D eigenvalue weighted by atomic mass is 9.72. The molecule has 0 amide bonds. The molecule has 0 radical (unpaired) electrons. The summed E-state index contributed by atoms with van der Waals surface area (Å²) in [6.45, 7) is 4.33. The maximum Gasteiger partial charge on any atom is 0.133 e. The van der Waals surface area contributed by atoms with Crippen molar-refractivity contribution in [2.45, 2.75) is 39.2 Å². The minimum absolute atomic E-state index is 0.0562. The number of nitrogens with two attached hydrogens (primary N) is 1. The van der Waals surface area contributed by atoms with Gasteiger partial charge in [-0.15, -0.1) is 0 Å². The third kappa shape index (κ3) is 2.94. The smallest absolute Gasteiger partial charge is 0.133 e. The first kappa shape index (κ1) is 14.4. The molecule has 2 N–H and O–H groups in total. The number of hydrogen-bond acceptors (Lipinski definition) is 1. The Bertz CT molecular complexity index is 438. The molecular weight excluding hydrogens is 251 g/mol. The van der Waals surface area contributed by atoms with Gasteiger partial charge in [-0.2, -0.15) is 0 Å². The van der Waals surface area contributed by atoms with Crippen LogP contribution in [0.4, 0.5) is 13.2 Å². The van der Waals surface area contributed by atoms with Gasteiger partial charge in [0, 0.05) is 23.7 Å². The molecule has 1 aliphatic carbocycles. The van der Waals surface area contributed by atoms with Gasteiger partial charge in [0.05, 0.1) is 0 Å². The molecular formula is C15H20F3N. The topological polar surface area (TPSA) is 26.0 Å². The standard InChI is InChI=1S/C15H20F3N/c1-8-3-4-10(5-9(8)2)15(19)14-12(17)6-11(16)7-13(14)18/h6-10,15H,3-5,19H2,1-2H3. The molecule has 0 heterocycles. The summed E-state index contributed by atoms with van der Waals surface area (Å²) in [5.41, 5.74) is 5.85. The van der Waals surface area contributed by atoms with Crippen LogP contribution in [0.2, 0.25) is 0 Å². The molecule has 1 aromatic carbocycles. The Morgan fingerprint density at radius 3 is 2.16 bits per heavy atom. The van der Waals surface area contributed by atoms with E-state index in [1.165, 1.54) is 0 Å². The van der Waals surface area contributed by atoms with Crippen molar-refractivity contribution in [3.05, 3.63) is 35.1 Å². The summed E-state index contributed by atoms with van der Waals surface area (Å²) in [6.07, 6.45) is 2.74. The van der Waals surface area contributed by atoms with E-state index in [4.69, 9.17) is 5.73 Å². The van der Waals surface area contributed by atoms with Gasteiger partial charge < -0.3 is 5.73 Å². The molecule has 0 spiro atoms. The van der Waals surface area contributed by atoms with Gasteiger partial charge in [-0.25, -0.2) is 13.2 Å². The summed E-state index contributed by atoms with van der Waals surface area (Å²) in [5.74, 6) is -1.49. The Hall–Kier alpha value is -1.03. The number of rotatable bonds is 2. The molecule has 19 heavy (non-hydrogen) atoms. The molecule has 0 aliphatic heterocycles. The lowest BCUT2D eigenvalue weighted by molar-refractivity contribution is 0.183. The van der Waals surface area contributed by atoms with E-state index in [1.54, 1.807) is 0 Å². The van der Waals surface area contributed by atoms with Gasteiger partial charge in [0.15, 0.2) is 0 Å². The molecule has 4 atom stereocenters. The molecule has 0 aromatic heterocycles. The van der Waals surface area contributed by atoms with Gasteiger partial charge in [-0.1, -0.05) is 20.3 Å². The summed E-state index contributed by atoms with van der Waals surface area (Å²) in [5, 5.41) is 0. The fourth-order valence-electron chi connectivity index (χ4n) is 3.02. The average Bonchev–Trinajstić information content (AvgIpc) is 2.31. The Morgan fingerprint density at radius 1 is 1.05 bits per heavy atom. The van der Waals surface area contributed by atoms with Crippen molar-refractivity contribution in [2.24, 2.45) is 23.5 Å². The maximum absolute atomic E-state index is 13.7. The summed E-state index contributed by atoms with van der Waals surface area (Å²) in [6, 6.07) is 0.705. The molecule has 2 rings (SSSR count). The van der Waals surface area contributed by atoms with Crippen LogP contribution in [0.25, 0.3) is 0 Å². The Labute approximate surface area is 112 Å². The quantitative estimate of drug-likeness (QED) is 0.858. The molecule has 0 bridgehead atoms. The second-order valence-electron chi connectivity index (χ2n) is 5.84. The molecule has 0 saturated heterocycles. The van der Waals surface area contributed by atoms with Crippen LogP contribution in [0.15, 0.2) is 12.1 Å². The zero-order valence-corrected chi connectivity index (χ0v) is 11.3. The first-order valence-corrected chi connectivity index (χ1v) is 6.80. The number of benzene rings is 1. The van der Waals surface area contributed by atoms with Crippen LogP contribution >= 0.6 is 0 Å². The lowest BCUT2D eigenvalue weighted by Gasteiger charge is -2.35. The zero-order chi connectivity index (χ0) is 14.2.